The number of benzene rings is 3. The minimum absolute atomic E-state index is 0.0603. The molecule has 0 unspecified atom stereocenters. The molecule has 6 heteroatoms. The Balaban J connectivity index is 1.72. The Morgan fingerprint density at radius 1 is 0.679 bits per heavy atom. The van der Waals surface area contributed by atoms with Crippen LogP contribution < -0.4 is 10.6 Å². The zero-order chi connectivity index (χ0) is 20.1. The third-order valence-corrected chi connectivity index (χ3v) is 4.02. The summed E-state index contributed by atoms with van der Waals surface area (Å²) in [5, 5.41) is 5.31. The van der Waals surface area contributed by atoms with Crippen LogP contribution in [0.3, 0.4) is 0 Å². The fourth-order valence-corrected chi connectivity index (χ4v) is 2.56. The largest absolute Gasteiger partial charge is 0.322 e. The molecule has 140 valence electrons. The normalized spacial score (nSPS) is 10.2. The third kappa shape index (κ3) is 4.67. The van der Waals surface area contributed by atoms with Crippen LogP contribution in [0.1, 0.15) is 38.0 Å². The highest BCUT2D eigenvalue weighted by molar-refractivity contribution is 6.08. The van der Waals surface area contributed by atoms with E-state index in [9.17, 15) is 18.8 Å². The van der Waals surface area contributed by atoms with E-state index in [1.165, 1.54) is 31.2 Å². The molecule has 3 rings (SSSR count). The van der Waals surface area contributed by atoms with Crippen molar-refractivity contribution in [1.29, 1.82) is 0 Å². The number of hydrogen-bond donors (Lipinski definition) is 2. The van der Waals surface area contributed by atoms with Gasteiger partial charge in [-0.2, -0.15) is 0 Å². The second-order valence-electron chi connectivity index (χ2n) is 6.13. The number of Topliss-reactive ketones (excluding diaryl/α,β-unsaturated/α-hetero) is 1. The quantitative estimate of drug-likeness (QED) is 0.642. The van der Waals surface area contributed by atoms with Crippen molar-refractivity contribution in [2.45, 2.75) is 6.92 Å². The number of nitrogens with one attached hydrogen (secondary N) is 2. The van der Waals surface area contributed by atoms with E-state index in [-0.39, 0.29) is 11.3 Å². The number of carbonyl (C=O) groups excluding carboxylic acids is 3. The molecular formula is C22H17FN2O3. The minimum atomic E-state index is -0.457. The molecule has 0 heterocycles. The molecule has 0 fully saturated rings. The van der Waals surface area contributed by atoms with Gasteiger partial charge in [-0.05, 0) is 67.6 Å². The molecule has 3 aromatic carbocycles. The lowest BCUT2D eigenvalue weighted by Crippen LogP contribution is -2.15. The first kappa shape index (κ1) is 19.0. The van der Waals surface area contributed by atoms with Crippen molar-refractivity contribution in [3.63, 3.8) is 0 Å². The number of amides is 2. The monoisotopic (exact) mass is 376 g/mol. The predicted octanol–water partition coefficient (Wildman–Crippen LogP) is 4.53. The van der Waals surface area contributed by atoms with E-state index >= 15 is 0 Å². The lowest BCUT2D eigenvalue weighted by atomic mass is 10.1. The highest BCUT2D eigenvalue weighted by atomic mass is 19.1. The van der Waals surface area contributed by atoms with Gasteiger partial charge in [-0.15, -0.1) is 0 Å². The van der Waals surface area contributed by atoms with Crippen LogP contribution in [-0.4, -0.2) is 17.6 Å². The van der Waals surface area contributed by atoms with Crippen molar-refractivity contribution < 1.29 is 18.8 Å². The summed E-state index contributed by atoms with van der Waals surface area (Å²) in [7, 11) is 0. The summed E-state index contributed by atoms with van der Waals surface area (Å²) >= 11 is 0. The van der Waals surface area contributed by atoms with E-state index in [4.69, 9.17) is 0 Å². The topological polar surface area (TPSA) is 75.3 Å². The van der Waals surface area contributed by atoms with E-state index in [0.29, 0.717) is 22.5 Å². The van der Waals surface area contributed by atoms with Gasteiger partial charge in [-0.25, -0.2) is 4.39 Å². The molecule has 0 saturated heterocycles. The molecule has 2 N–H and O–H groups in total. The van der Waals surface area contributed by atoms with Gasteiger partial charge in [0.05, 0.1) is 0 Å². The number of anilines is 2. The van der Waals surface area contributed by atoms with E-state index in [1.54, 1.807) is 48.5 Å². The second kappa shape index (κ2) is 8.26. The van der Waals surface area contributed by atoms with Gasteiger partial charge >= 0.3 is 0 Å². The zero-order valence-electron chi connectivity index (χ0n) is 15.0. The highest BCUT2D eigenvalue weighted by Crippen LogP contribution is 2.15. The van der Waals surface area contributed by atoms with Gasteiger partial charge < -0.3 is 10.6 Å². The average molecular weight is 376 g/mol. The molecule has 2 amide bonds. The second-order valence-corrected chi connectivity index (χ2v) is 6.13. The van der Waals surface area contributed by atoms with Crippen molar-refractivity contribution in [2.75, 3.05) is 10.6 Å². The number of halogens is 1. The first-order valence-electron chi connectivity index (χ1n) is 8.52. The van der Waals surface area contributed by atoms with E-state index in [0.717, 1.165) is 0 Å². The Morgan fingerprint density at radius 2 is 1.25 bits per heavy atom. The van der Waals surface area contributed by atoms with Crippen LogP contribution in [0, 0.1) is 5.82 Å². The minimum Gasteiger partial charge on any atom is -0.322 e. The highest BCUT2D eigenvalue weighted by Gasteiger charge is 2.12. The molecule has 0 aliphatic carbocycles. The first-order valence-corrected chi connectivity index (χ1v) is 8.52. The van der Waals surface area contributed by atoms with Crippen molar-refractivity contribution >= 4 is 29.0 Å². The Hall–Kier alpha value is -3.80. The fraction of sp³-hybridized carbons (Fsp3) is 0.0455. The van der Waals surface area contributed by atoms with E-state index < -0.39 is 17.6 Å². The molecule has 28 heavy (non-hydrogen) atoms. The molecule has 0 aromatic heterocycles. The molecule has 0 aliphatic rings. The van der Waals surface area contributed by atoms with Gasteiger partial charge in [0, 0.05) is 28.1 Å². The van der Waals surface area contributed by atoms with E-state index in [1.807, 2.05) is 0 Å². The van der Waals surface area contributed by atoms with Crippen molar-refractivity contribution in [1.82, 2.24) is 0 Å². The van der Waals surface area contributed by atoms with E-state index in [2.05, 4.69) is 10.6 Å². The van der Waals surface area contributed by atoms with Gasteiger partial charge in [0.2, 0.25) is 0 Å². The summed E-state index contributed by atoms with van der Waals surface area (Å²) in [6.07, 6.45) is 0. The first-order chi connectivity index (χ1) is 13.4. The van der Waals surface area contributed by atoms with Crippen LogP contribution in [0.15, 0.2) is 72.8 Å². The smallest absolute Gasteiger partial charge is 0.255 e. The molecule has 0 bridgehead atoms. The Labute approximate surface area is 161 Å². The number of rotatable bonds is 5. The van der Waals surface area contributed by atoms with Crippen LogP contribution in [0.2, 0.25) is 0 Å². The Morgan fingerprint density at radius 3 is 1.82 bits per heavy atom. The standard InChI is InChI=1S/C22H17FN2O3/c1-14(26)15-8-10-19(11-9-15)24-21(27)16-4-2-5-17(12-16)22(28)25-20-7-3-6-18(23)13-20/h2-13H,1H3,(H,24,27)(H,25,28). The predicted molar refractivity (Wildman–Crippen MR) is 105 cm³/mol. The molecule has 0 aliphatic heterocycles. The average Bonchev–Trinajstić information content (AvgIpc) is 2.68. The zero-order valence-corrected chi connectivity index (χ0v) is 15.0. The lowest BCUT2D eigenvalue weighted by molar-refractivity contribution is 0.101. The van der Waals surface area contributed by atoms with Gasteiger partial charge in [-0.3, -0.25) is 14.4 Å². The molecule has 3 aromatic rings. The number of carbonyl (C=O) groups is 3. The fourth-order valence-electron chi connectivity index (χ4n) is 2.56. The Bertz CT molecular complexity index is 1050. The molecule has 5 nitrogen and oxygen atoms in total. The molecule has 0 saturated carbocycles. The van der Waals surface area contributed by atoms with Gasteiger partial charge in [0.1, 0.15) is 5.82 Å². The summed E-state index contributed by atoms with van der Waals surface area (Å²) in [5.41, 5.74) is 1.97. The molecule has 0 spiro atoms. The summed E-state index contributed by atoms with van der Waals surface area (Å²) in [4.78, 5) is 36.1. The van der Waals surface area contributed by atoms with Crippen molar-refractivity contribution in [2.24, 2.45) is 0 Å². The maximum absolute atomic E-state index is 13.2. The molecular weight excluding hydrogens is 359 g/mol. The maximum Gasteiger partial charge on any atom is 0.255 e. The van der Waals surface area contributed by atoms with Crippen LogP contribution >= 0.6 is 0 Å². The lowest BCUT2D eigenvalue weighted by Gasteiger charge is -2.08. The van der Waals surface area contributed by atoms with Gasteiger partial charge in [0.25, 0.3) is 11.8 Å². The summed E-state index contributed by atoms with van der Waals surface area (Å²) in [6.45, 7) is 1.47. The number of hydrogen-bond acceptors (Lipinski definition) is 3. The maximum atomic E-state index is 13.2. The summed E-state index contributed by atoms with van der Waals surface area (Å²) in [6, 6.07) is 18.3. The Kier molecular flexibility index (Phi) is 5.60. The van der Waals surface area contributed by atoms with Crippen LogP contribution in [-0.2, 0) is 0 Å². The van der Waals surface area contributed by atoms with Crippen molar-refractivity contribution in [3.8, 4) is 0 Å². The molecule has 0 atom stereocenters. The molecule has 0 radical (unpaired) electrons. The number of ketones is 1. The summed E-state index contributed by atoms with van der Waals surface area (Å²) in [5.74, 6) is -1.36. The summed E-state index contributed by atoms with van der Waals surface area (Å²) < 4.78 is 13.2. The van der Waals surface area contributed by atoms with Crippen molar-refractivity contribution in [3.05, 3.63) is 95.3 Å². The van der Waals surface area contributed by atoms with Crippen LogP contribution in [0.4, 0.5) is 15.8 Å². The third-order valence-electron chi connectivity index (χ3n) is 4.02. The van der Waals surface area contributed by atoms with Crippen LogP contribution in [0.5, 0.6) is 0 Å². The SMILES string of the molecule is CC(=O)c1ccc(NC(=O)c2cccc(C(=O)Nc3cccc(F)c3)c2)cc1. The van der Waals surface area contributed by atoms with Gasteiger partial charge in [-0.1, -0.05) is 12.1 Å². The van der Waals surface area contributed by atoms with Crippen LogP contribution in [0.25, 0.3) is 0 Å². The van der Waals surface area contributed by atoms with Gasteiger partial charge in [0.15, 0.2) is 5.78 Å².